The number of aliphatic hydroxyl groups is 3. The minimum absolute atomic E-state index is 0. The normalized spacial score (nSPS) is 5.54. The first-order chi connectivity index (χ1) is 5.20. The predicted octanol–water partition coefficient (Wildman–Crippen LogP) is -1.28. The number of hydrogen-bond acceptors (Lipinski definition) is 3. The van der Waals surface area contributed by atoms with E-state index in [4.69, 9.17) is 15.3 Å². The Kier molecular flexibility index (Phi) is 32.0. The summed E-state index contributed by atoms with van der Waals surface area (Å²) in [6, 6.07) is 0. The van der Waals surface area contributed by atoms with E-state index < -0.39 is 15.5 Å². The molecule has 0 bridgehead atoms. The summed E-state index contributed by atoms with van der Waals surface area (Å²) >= 11 is 11.6. The summed E-state index contributed by atoms with van der Waals surface area (Å²) in [6.07, 6.45) is 0. The molecular weight excluding hydrogens is 245 g/mol. The Hall–Kier alpha value is 0.0700. The third kappa shape index (κ3) is 250000. The summed E-state index contributed by atoms with van der Waals surface area (Å²) in [7, 11) is 0. The fraction of sp³-hybridized carbons (Fsp3) is 0. The summed E-state index contributed by atoms with van der Waals surface area (Å²) < 4.78 is 0. The predicted molar refractivity (Wildman–Crippen MR) is 65.4 cm³/mol. The molecule has 0 saturated heterocycles. The molecule has 13 heavy (non-hydrogen) atoms. The summed E-state index contributed by atoms with van der Waals surface area (Å²) in [5, 5.41) is 21.2. The van der Waals surface area contributed by atoms with Crippen molar-refractivity contribution in [3.8, 4) is 0 Å². The molecule has 0 aromatic rings. The van der Waals surface area contributed by atoms with Crippen molar-refractivity contribution in [2.24, 2.45) is 17.2 Å². The fourth-order valence-electron chi connectivity index (χ4n) is 0. The zero-order valence-electron chi connectivity index (χ0n) is 5.80. The van der Waals surface area contributed by atoms with Crippen molar-refractivity contribution in [3.05, 3.63) is 0 Å². The van der Waals surface area contributed by atoms with Crippen molar-refractivity contribution in [1.29, 1.82) is 0 Å². The van der Waals surface area contributed by atoms with Crippen molar-refractivity contribution in [1.82, 2.24) is 0 Å². The second-order valence-corrected chi connectivity index (χ2v) is 2.27. The van der Waals surface area contributed by atoms with Gasteiger partial charge in [-0.25, -0.2) is 0 Å². The maximum absolute atomic E-state index is 7.56. The van der Waals surface area contributed by atoms with Crippen LogP contribution in [0.15, 0.2) is 0 Å². The molecule has 0 aliphatic rings. The van der Waals surface area contributed by atoms with Crippen LogP contribution >= 0.6 is 36.7 Å². The molecule has 0 heterocycles. The molecule has 0 aliphatic carbocycles. The molecule has 0 aromatic carbocycles. The molecule has 0 unspecified atom stereocenters. The van der Waals surface area contributed by atoms with E-state index >= 15 is 0 Å². The van der Waals surface area contributed by atoms with Crippen molar-refractivity contribution in [2.45, 2.75) is 0 Å². The molecule has 9 N–H and O–H groups in total. The van der Waals surface area contributed by atoms with E-state index in [0.29, 0.717) is 0 Å². The molecule has 0 aliphatic heterocycles. The quantitative estimate of drug-likeness (QED) is 0.230. The van der Waals surface area contributed by atoms with Gasteiger partial charge in [-0.3, -0.25) is 0 Å². The number of aliphatic hydroxyl groups excluding tert-OH is 3. The Balaban J connectivity index is -0.0000000450. The van der Waals surface area contributed by atoms with Gasteiger partial charge >= 0.3 is 29.6 Å². The molecule has 0 rings (SSSR count). The third-order valence-corrected chi connectivity index (χ3v) is 0. The van der Waals surface area contributed by atoms with Gasteiger partial charge in [-0.2, -0.15) is 0 Å². The second kappa shape index (κ2) is 18.0. The topological polar surface area (TPSA) is 139 Å². The van der Waals surface area contributed by atoms with Crippen molar-refractivity contribution in [2.75, 3.05) is 0 Å². The first-order valence-corrected chi connectivity index (χ1v) is 3.37. The molecular formula is C3H10N3NaO3S3. The Morgan fingerprint density at radius 2 is 0.692 bits per heavy atom. The van der Waals surface area contributed by atoms with Gasteiger partial charge in [0.2, 0.25) is 0 Å². The van der Waals surface area contributed by atoms with E-state index in [9.17, 15) is 0 Å². The zero-order chi connectivity index (χ0) is 10.7. The van der Waals surface area contributed by atoms with Crippen LogP contribution in [0.2, 0.25) is 0 Å². The van der Waals surface area contributed by atoms with Crippen molar-refractivity contribution < 1.29 is 15.3 Å². The maximum atomic E-state index is 7.56. The van der Waals surface area contributed by atoms with Gasteiger partial charge in [0, 0.05) is 0 Å². The monoisotopic (exact) mass is 255 g/mol. The van der Waals surface area contributed by atoms with Gasteiger partial charge in [-0.1, -0.05) is 0 Å². The van der Waals surface area contributed by atoms with Crippen LogP contribution in [0.3, 0.4) is 0 Å². The number of hydrogen-bond donors (Lipinski definition) is 6. The van der Waals surface area contributed by atoms with Crippen LogP contribution in [0.25, 0.3) is 0 Å². The molecule has 0 amide bonds. The summed E-state index contributed by atoms with van der Waals surface area (Å²) in [4.78, 5) is 0. The van der Waals surface area contributed by atoms with Gasteiger partial charge in [-0.15, -0.1) is 0 Å². The SMILES string of the molecule is NC(O)=S.NC(O)=S.NC(O)=S.[NaH]. The Labute approximate surface area is 113 Å². The molecule has 10 heteroatoms. The van der Waals surface area contributed by atoms with Crippen molar-refractivity contribution in [3.63, 3.8) is 0 Å². The molecule has 0 fully saturated rings. The average molecular weight is 255 g/mol. The Morgan fingerprint density at radius 1 is 0.692 bits per heavy atom. The first-order valence-electron chi connectivity index (χ1n) is 2.15. The van der Waals surface area contributed by atoms with Gasteiger partial charge < -0.3 is 32.5 Å². The standard InChI is InChI=1S/3CH3NOS.Na.H/c3*2-1(3)4;;/h3*(H3,2,3,4);;. The van der Waals surface area contributed by atoms with E-state index in [1.807, 2.05) is 0 Å². The van der Waals surface area contributed by atoms with E-state index in [2.05, 4.69) is 53.9 Å². The van der Waals surface area contributed by atoms with Crippen LogP contribution in [0, 0.1) is 0 Å². The molecule has 0 spiro atoms. The van der Waals surface area contributed by atoms with E-state index in [0.717, 1.165) is 0 Å². The van der Waals surface area contributed by atoms with Crippen LogP contribution in [-0.2, 0) is 0 Å². The number of nitrogens with two attached hydrogens (primary N) is 3. The fourth-order valence-corrected chi connectivity index (χ4v) is 0. The minimum atomic E-state index is -0.500. The second-order valence-electron chi connectivity index (χ2n) is 1.01. The zero-order valence-corrected chi connectivity index (χ0v) is 8.25. The summed E-state index contributed by atoms with van der Waals surface area (Å²) in [5.41, 5.74) is 13.2. The van der Waals surface area contributed by atoms with Crippen LogP contribution in [0.5, 0.6) is 0 Å². The van der Waals surface area contributed by atoms with Gasteiger partial charge in [0.05, 0.1) is 0 Å². The molecule has 74 valence electrons. The van der Waals surface area contributed by atoms with E-state index in [-0.39, 0.29) is 29.6 Å². The first kappa shape index (κ1) is 23.1. The summed E-state index contributed by atoms with van der Waals surface area (Å²) in [6.45, 7) is 0. The molecule has 0 radical (unpaired) electrons. The van der Waals surface area contributed by atoms with Crippen LogP contribution in [-0.4, -0.2) is 60.4 Å². The van der Waals surface area contributed by atoms with Gasteiger partial charge in [0.25, 0.3) is 15.5 Å². The molecule has 0 atom stereocenters. The van der Waals surface area contributed by atoms with Crippen molar-refractivity contribution >= 4 is 81.7 Å². The Bertz CT molecular complexity index is 127. The van der Waals surface area contributed by atoms with Crippen LogP contribution in [0.1, 0.15) is 0 Å². The average Bonchev–Trinajstić information content (AvgIpc) is 1.54. The molecule has 0 saturated carbocycles. The van der Waals surface area contributed by atoms with Gasteiger partial charge in [0.1, 0.15) is 0 Å². The van der Waals surface area contributed by atoms with Crippen LogP contribution < -0.4 is 17.2 Å². The number of thiocarbonyl (C=S) groups is 3. The van der Waals surface area contributed by atoms with Gasteiger partial charge in [-0.05, 0) is 36.7 Å². The van der Waals surface area contributed by atoms with Crippen LogP contribution in [0.4, 0.5) is 0 Å². The number of rotatable bonds is 0. The Morgan fingerprint density at radius 3 is 0.692 bits per heavy atom. The van der Waals surface area contributed by atoms with E-state index in [1.165, 1.54) is 0 Å². The molecule has 0 aromatic heterocycles. The molecule has 6 nitrogen and oxygen atoms in total. The third-order valence-electron chi connectivity index (χ3n) is 0. The van der Waals surface area contributed by atoms with E-state index in [1.54, 1.807) is 0 Å². The summed E-state index contributed by atoms with van der Waals surface area (Å²) in [5.74, 6) is 0. The van der Waals surface area contributed by atoms with Gasteiger partial charge in [0.15, 0.2) is 0 Å².